The van der Waals surface area contributed by atoms with Gasteiger partial charge in [0.25, 0.3) is 0 Å². The first kappa shape index (κ1) is 13.9. The van der Waals surface area contributed by atoms with E-state index < -0.39 is 0 Å². The van der Waals surface area contributed by atoms with Crippen LogP contribution in [0.25, 0.3) is 0 Å². The molecular weight excluding hydrogens is 206 g/mol. The second kappa shape index (κ2) is 8.01. The molecule has 96 valence electrons. The molecule has 4 nitrogen and oxygen atoms in total. The lowest BCUT2D eigenvalue weighted by Crippen LogP contribution is -2.32. The molecule has 0 amide bonds. The van der Waals surface area contributed by atoms with Crippen LogP contribution in [0.1, 0.15) is 26.7 Å². The van der Waals surface area contributed by atoms with Crippen molar-refractivity contribution in [2.75, 3.05) is 33.5 Å². The van der Waals surface area contributed by atoms with Crippen LogP contribution in [0.2, 0.25) is 0 Å². The van der Waals surface area contributed by atoms with Gasteiger partial charge in [0.05, 0.1) is 32.0 Å². The van der Waals surface area contributed by atoms with Gasteiger partial charge in [0, 0.05) is 19.7 Å². The Balaban J connectivity index is 2.01. The molecule has 2 atom stereocenters. The molecular formula is C12H25NO3. The second-order valence-electron chi connectivity index (χ2n) is 4.59. The van der Waals surface area contributed by atoms with Crippen molar-refractivity contribution in [2.24, 2.45) is 0 Å². The highest BCUT2D eigenvalue weighted by atomic mass is 16.6. The summed E-state index contributed by atoms with van der Waals surface area (Å²) in [5.74, 6) is 0. The summed E-state index contributed by atoms with van der Waals surface area (Å²) in [6, 6.07) is 0.528. The maximum atomic E-state index is 5.86. The lowest BCUT2D eigenvalue weighted by molar-refractivity contribution is -0.0247. The summed E-state index contributed by atoms with van der Waals surface area (Å²) in [6.45, 7) is 7.27. The molecule has 1 N–H and O–H groups in total. The summed E-state index contributed by atoms with van der Waals surface area (Å²) in [4.78, 5) is 0. The minimum atomic E-state index is 0.274. The van der Waals surface area contributed by atoms with Crippen molar-refractivity contribution < 1.29 is 14.2 Å². The van der Waals surface area contributed by atoms with E-state index in [1.54, 1.807) is 7.11 Å². The molecule has 1 saturated heterocycles. The standard InChI is InChI=1S/C12H25NO3/c1-10(2)13-8-11-4-5-12(16-11)9-15-7-6-14-3/h10-13H,4-9H2,1-3H3. The topological polar surface area (TPSA) is 39.7 Å². The van der Waals surface area contributed by atoms with Gasteiger partial charge in [-0.15, -0.1) is 0 Å². The third kappa shape index (κ3) is 5.80. The van der Waals surface area contributed by atoms with E-state index >= 15 is 0 Å². The molecule has 0 bridgehead atoms. The van der Waals surface area contributed by atoms with Crippen molar-refractivity contribution in [3.8, 4) is 0 Å². The van der Waals surface area contributed by atoms with E-state index in [4.69, 9.17) is 14.2 Å². The van der Waals surface area contributed by atoms with Gasteiger partial charge in [0.15, 0.2) is 0 Å². The fraction of sp³-hybridized carbons (Fsp3) is 1.00. The Morgan fingerprint density at radius 3 is 2.69 bits per heavy atom. The van der Waals surface area contributed by atoms with Gasteiger partial charge in [-0.1, -0.05) is 13.8 Å². The number of methoxy groups -OCH3 is 1. The minimum Gasteiger partial charge on any atom is -0.382 e. The average molecular weight is 231 g/mol. The minimum absolute atomic E-state index is 0.274. The van der Waals surface area contributed by atoms with Crippen molar-refractivity contribution in [1.29, 1.82) is 0 Å². The lowest BCUT2D eigenvalue weighted by Gasteiger charge is -2.16. The van der Waals surface area contributed by atoms with Crippen LogP contribution in [-0.2, 0) is 14.2 Å². The summed E-state index contributed by atoms with van der Waals surface area (Å²) in [5, 5.41) is 3.40. The SMILES string of the molecule is COCCOCC1CCC(CNC(C)C)O1. The van der Waals surface area contributed by atoms with E-state index in [2.05, 4.69) is 19.2 Å². The molecule has 16 heavy (non-hydrogen) atoms. The van der Waals surface area contributed by atoms with Crippen molar-refractivity contribution in [2.45, 2.75) is 44.9 Å². The smallest absolute Gasteiger partial charge is 0.0813 e. The molecule has 0 saturated carbocycles. The number of hydrogen-bond donors (Lipinski definition) is 1. The zero-order chi connectivity index (χ0) is 11.8. The third-order valence-corrected chi connectivity index (χ3v) is 2.68. The van der Waals surface area contributed by atoms with E-state index in [9.17, 15) is 0 Å². The summed E-state index contributed by atoms with van der Waals surface area (Å²) in [5.41, 5.74) is 0. The lowest BCUT2D eigenvalue weighted by atomic mass is 10.2. The highest BCUT2D eigenvalue weighted by Gasteiger charge is 2.24. The van der Waals surface area contributed by atoms with Gasteiger partial charge in [0.2, 0.25) is 0 Å². The Bertz CT molecular complexity index is 176. The summed E-state index contributed by atoms with van der Waals surface area (Å²) in [7, 11) is 1.68. The Kier molecular flexibility index (Phi) is 6.96. The maximum Gasteiger partial charge on any atom is 0.0813 e. The molecule has 0 aromatic heterocycles. The molecule has 2 unspecified atom stereocenters. The van der Waals surface area contributed by atoms with Crippen molar-refractivity contribution in [1.82, 2.24) is 5.32 Å². The zero-order valence-electron chi connectivity index (χ0n) is 10.7. The Hall–Kier alpha value is -0.160. The summed E-state index contributed by atoms with van der Waals surface area (Å²) >= 11 is 0. The largest absolute Gasteiger partial charge is 0.382 e. The molecule has 0 radical (unpaired) electrons. The fourth-order valence-corrected chi connectivity index (χ4v) is 1.78. The van der Waals surface area contributed by atoms with Gasteiger partial charge in [-0.05, 0) is 12.8 Å². The number of rotatable bonds is 8. The monoisotopic (exact) mass is 231 g/mol. The van der Waals surface area contributed by atoms with Gasteiger partial charge >= 0.3 is 0 Å². The highest BCUT2D eigenvalue weighted by molar-refractivity contribution is 4.75. The maximum absolute atomic E-state index is 5.86. The first-order valence-corrected chi connectivity index (χ1v) is 6.18. The molecule has 1 rings (SSSR count). The van der Waals surface area contributed by atoms with Gasteiger partial charge in [0.1, 0.15) is 0 Å². The quantitative estimate of drug-likeness (QED) is 0.637. The highest BCUT2D eigenvalue weighted by Crippen LogP contribution is 2.19. The number of nitrogens with one attached hydrogen (secondary N) is 1. The molecule has 0 spiro atoms. The van der Waals surface area contributed by atoms with Crippen LogP contribution in [0.4, 0.5) is 0 Å². The molecule has 1 aliphatic rings. The molecule has 1 fully saturated rings. The van der Waals surface area contributed by atoms with Gasteiger partial charge in [-0.3, -0.25) is 0 Å². The Morgan fingerprint density at radius 1 is 1.25 bits per heavy atom. The van der Waals surface area contributed by atoms with E-state index in [0.717, 1.165) is 19.4 Å². The van der Waals surface area contributed by atoms with E-state index in [0.29, 0.717) is 32.0 Å². The van der Waals surface area contributed by atoms with E-state index in [-0.39, 0.29) is 6.10 Å². The van der Waals surface area contributed by atoms with Crippen LogP contribution in [0.5, 0.6) is 0 Å². The number of hydrogen-bond acceptors (Lipinski definition) is 4. The van der Waals surface area contributed by atoms with Gasteiger partial charge < -0.3 is 19.5 Å². The first-order chi connectivity index (χ1) is 7.72. The zero-order valence-corrected chi connectivity index (χ0v) is 10.7. The summed E-state index contributed by atoms with van der Waals surface area (Å²) < 4.78 is 16.2. The molecule has 0 aromatic carbocycles. The predicted molar refractivity (Wildman–Crippen MR) is 63.7 cm³/mol. The van der Waals surface area contributed by atoms with Crippen LogP contribution in [0.15, 0.2) is 0 Å². The van der Waals surface area contributed by atoms with Crippen molar-refractivity contribution in [3.05, 3.63) is 0 Å². The van der Waals surface area contributed by atoms with Crippen LogP contribution in [-0.4, -0.2) is 51.7 Å². The average Bonchev–Trinajstić information content (AvgIpc) is 2.70. The van der Waals surface area contributed by atoms with Gasteiger partial charge in [-0.2, -0.15) is 0 Å². The molecule has 1 aliphatic heterocycles. The normalized spacial score (nSPS) is 25.5. The van der Waals surface area contributed by atoms with E-state index in [1.807, 2.05) is 0 Å². The molecule has 4 heteroatoms. The predicted octanol–water partition coefficient (Wildman–Crippen LogP) is 1.19. The van der Waals surface area contributed by atoms with Crippen LogP contribution < -0.4 is 5.32 Å². The van der Waals surface area contributed by atoms with Crippen LogP contribution in [0, 0.1) is 0 Å². The molecule has 0 aromatic rings. The van der Waals surface area contributed by atoms with Crippen molar-refractivity contribution >= 4 is 0 Å². The third-order valence-electron chi connectivity index (χ3n) is 2.68. The van der Waals surface area contributed by atoms with Crippen LogP contribution >= 0.6 is 0 Å². The Labute approximate surface area is 98.6 Å². The van der Waals surface area contributed by atoms with Crippen molar-refractivity contribution in [3.63, 3.8) is 0 Å². The van der Waals surface area contributed by atoms with Crippen LogP contribution in [0.3, 0.4) is 0 Å². The number of ether oxygens (including phenoxy) is 3. The fourth-order valence-electron chi connectivity index (χ4n) is 1.78. The Morgan fingerprint density at radius 2 is 2.00 bits per heavy atom. The summed E-state index contributed by atoms with van der Waals surface area (Å²) in [6.07, 6.45) is 2.88. The van der Waals surface area contributed by atoms with Gasteiger partial charge in [-0.25, -0.2) is 0 Å². The first-order valence-electron chi connectivity index (χ1n) is 6.18. The molecule has 0 aliphatic carbocycles. The second-order valence-corrected chi connectivity index (χ2v) is 4.59. The van der Waals surface area contributed by atoms with E-state index in [1.165, 1.54) is 0 Å². The molecule has 1 heterocycles.